The second kappa shape index (κ2) is 23.2. The van der Waals surface area contributed by atoms with Crippen LogP contribution in [-0.4, -0.2) is 43.5 Å². The maximum Gasteiger partial charge on any atom is 0.333 e. The number of aliphatic hydroxyl groups excluding tert-OH is 1. The zero-order chi connectivity index (χ0) is 41.3. The van der Waals surface area contributed by atoms with Crippen molar-refractivity contribution in [1.82, 2.24) is 0 Å². The van der Waals surface area contributed by atoms with Crippen LogP contribution in [0.5, 0.6) is 5.75 Å². The van der Waals surface area contributed by atoms with Crippen molar-refractivity contribution in [2.24, 2.45) is 11.8 Å². The van der Waals surface area contributed by atoms with Gasteiger partial charge in [0, 0.05) is 23.3 Å². The Morgan fingerprint density at radius 2 is 1.37 bits per heavy atom. The Bertz CT molecular complexity index is 1750. The van der Waals surface area contributed by atoms with Crippen molar-refractivity contribution < 1.29 is 33.3 Å². The molecule has 1 unspecified atom stereocenters. The Morgan fingerprint density at radius 3 is 1.91 bits per heavy atom. The predicted molar refractivity (Wildman–Crippen MR) is 230 cm³/mol. The molecule has 0 spiro atoms. The van der Waals surface area contributed by atoms with Gasteiger partial charge in [0.2, 0.25) is 0 Å². The number of hydrogen-bond donors (Lipinski definition) is 1. The number of esters is 2. The molecule has 0 aliphatic heterocycles. The average Bonchev–Trinajstić information content (AvgIpc) is 3.21. The Morgan fingerprint density at radius 1 is 0.772 bits per heavy atom. The molecule has 7 heteroatoms. The van der Waals surface area contributed by atoms with Crippen LogP contribution in [0.1, 0.15) is 133 Å². The Labute approximate surface area is 341 Å². The van der Waals surface area contributed by atoms with Gasteiger partial charge < -0.3 is 19.3 Å². The summed E-state index contributed by atoms with van der Waals surface area (Å²) < 4.78 is 33.3. The summed E-state index contributed by atoms with van der Waals surface area (Å²) >= 11 is 0. The van der Waals surface area contributed by atoms with Crippen LogP contribution in [0.25, 0.3) is 22.3 Å². The summed E-state index contributed by atoms with van der Waals surface area (Å²) in [6, 6.07) is 16.4. The minimum atomic E-state index is -0.415. The molecule has 4 rings (SSSR count). The lowest BCUT2D eigenvalue weighted by molar-refractivity contribution is -0.139. The molecule has 6 nitrogen and oxygen atoms in total. The van der Waals surface area contributed by atoms with E-state index >= 15 is 4.39 Å². The fraction of sp³-hybridized carbons (Fsp3) is 0.520. The van der Waals surface area contributed by atoms with E-state index in [1.54, 1.807) is 19.9 Å². The zero-order valence-electron chi connectivity index (χ0n) is 35.4. The molecule has 310 valence electrons. The molecule has 0 heterocycles. The summed E-state index contributed by atoms with van der Waals surface area (Å²) in [6.45, 7) is 18.0. The van der Waals surface area contributed by atoms with Crippen molar-refractivity contribution in [3.8, 4) is 28.0 Å². The van der Waals surface area contributed by atoms with Crippen LogP contribution in [0, 0.1) is 17.7 Å². The Balaban J connectivity index is 1.64. The maximum atomic E-state index is 15.9. The van der Waals surface area contributed by atoms with Crippen LogP contribution in [0.4, 0.5) is 4.39 Å². The second-order valence-electron chi connectivity index (χ2n) is 16.3. The molecule has 1 fully saturated rings. The maximum absolute atomic E-state index is 15.9. The van der Waals surface area contributed by atoms with Gasteiger partial charge in [-0.3, -0.25) is 0 Å². The van der Waals surface area contributed by atoms with Gasteiger partial charge in [0.05, 0.1) is 19.8 Å². The van der Waals surface area contributed by atoms with E-state index in [9.17, 15) is 14.7 Å². The molecule has 3 aromatic rings. The van der Waals surface area contributed by atoms with Gasteiger partial charge in [-0.1, -0.05) is 89.9 Å². The lowest BCUT2D eigenvalue weighted by Gasteiger charge is -2.29. The van der Waals surface area contributed by atoms with E-state index in [1.807, 2.05) is 19.1 Å². The predicted octanol–water partition coefficient (Wildman–Crippen LogP) is 12.1. The third-order valence-corrected chi connectivity index (χ3v) is 11.4. The van der Waals surface area contributed by atoms with E-state index in [1.165, 1.54) is 38.5 Å². The molecular weight excluding hydrogens is 716 g/mol. The first-order valence-corrected chi connectivity index (χ1v) is 21.4. The van der Waals surface area contributed by atoms with Gasteiger partial charge in [0.15, 0.2) is 0 Å². The van der Waals surface area contributed by atoms with Gasteiger partial charge in [0.1, 0.15) is 11.6 Å². The Hall–Kier alpha value is -4.23. The molecule has 0 saturated heterocycles. The van der Waals surface area contributed by atoms with E-state index in [2.05, 4.69) is 57.3 Å². The van der Waals surface area contributed by atoms with Crippen molar-refractivity contribution in [2.75, 3.05) is 26.4 Å². The third-order valence-electron chi connectivity index (χ3n) is 11.4. The molecule has 1 N–H and O–H groups in total. The summed E-state index contributed by atoms with van der Waals surface area (Å²) in [7, 11) is 0. The standard InChI is InChI=1S/C50H67FO6/c1-8-10-11-14-37-17-19-39(20-18-37)40-21-24-46(47(51)32-40)41-22-23-45(38(9-2)29-41)44-30-42(15-12-26-56-49(53)34(3)4)48(55-28-25-36(7)33-52)43(31-44)16-13-27-57-50(54)35(5)6/h21-24,29-32,36-37,39,52H,3,5,8-20,25-28,33H2,1-2,4,6-7H3. The molecule has 1 saturated carbocycles. The first kappa shape index (κ1) is 45.5. The lowest BCUT2D eigenvalue weighted by Crippen LogP contribution is -2.13. The molecule has 3 aromatic carbocycles. The van der Waals surface area contributed by atoms with Crippen LogP contribution in [0.2, 0.25) is 0 Å². The van der Waals surface area contributed by atoms with Crippen LogP contribution in [-0.2, 0) is 38.3 Å². The molecule has 1 atom stereocenters. The fourth-order valence-corrected chi connectivity index (χ4v) is 7.84. The van der Waals surface area contributed by atoms with Crippen molar-refractivity contribution in [3.63, 3.8) is 0 Å². The van der Waals surface area contributed by atoms with Crippen molar-refractivity contribution in [1.29, 1.82) is 0 Å². The van der Waals surface area contributed by atoms with Gasteiger partial charge in [-0.25, -0.2) is 14.0 Å². The summed E-state index contributed by atoms with van der Waals surface area (Å²) in [6.07, 6.45) is 13.8. The van der Waals surface area contributed by atoms with E-state index in [4.69, 9.17) is 14.2 Å². The number of hydrogen-bond acceptors (Lipinski definition) is 6. The van der Waals surface area contributed by atoms with Crippen LogP contribution >= 0.6 is 0 Å². The SMILES string of the molecule is C=C(C)C(=O)OCCCc1cc(-c2ccc(-c3ccc(C4CCC(CCCCC)CC4)cc3F)cc2CC)cc(CCCOC(=O)C(=C)C)c1OCCC(C)CO. The smallest absolute Gasteiger partial charge is 0.333 e. The zero-order valence-corrected chi connectivity index (χ0v) is 35.4. The molecule has 0 aromatic heterocycles. The number of aliphatic hydroxyl groups is 1. The number of aryl methyl sites for hydroxylation is 3. The Kier molecular flexibility index (Phi) is 18.5. The number of carbonyl (C=O) groups is 2. The molecule has 0 radical (unpaired) electrons. The number of rotatable bonds is 23. The normalized spacial score (nSPS) is 15.8. The summed E-state index contributed by atoms with van der Waals surface area (Å²) in [4.78, 5) is 24.2. The van der Waals surface area contributed by atoms with Crippen LogP contribution < -0.4 is 4.74 Å². The highest BCUT2D eigenvalue weighted by Crippen LogP contribution is 2.40. The van der Waals surface area contributed by atoms with Gasteiger partial charge in [-0.2, -0.15) is 0 Å². The molecule has 1 aliphatic carbocycles. The van der Waals surface area contributed by atoms with Crippen LogP contribution in [0.15, 0.2) is 72.8 Å². The van der Waals surface area contributed by atoms with Gasteiger partial charge in [0.25, 0.3) is 0 Å². The molecule has 1 aliphatic rings. The highest BCUT2D eigenvalue weighted by molar-refractivity contribution is 5.87. The average molecular weight is 783 g/mol. The number of unbranched alkanes of at least 4 members (excludes halogenated alkanes) is 2. The first-order valence-electron chi connectivity index (χ1n) is 21.4. The van der Waals surface area contributed by atoms with E-state index in [-0.39, 0.29) is 31.6 Å². The molecular formula is C50H67FO6. The van der Waals surface area contributed by atoms with Crippen LogP contribution in [0.3, 0.4) is 0 Å². The van der Waals surface area contributed by atoms with E-state index in [0.717, 1.165) is 69.9 Å². The molecule has 0 amide bonds. The topological polar surface area (TPSA) is 82.1 Å². The van der Waals surface area contributed by atoms with E-state index < -0.39 is 11.9 Å². The van der Waals surface area contributed by atoms with Crippen molar-refractivity contribution in [2.45, 2.75) is 130 Å². The quantitative estimate of drug-likeness (QED) is 0.0586. The fourth-order valence-electron chi connectivity index (χ4n) is 7.84. The highest BCUT2D eigenvalue weighted by Gasteiger charge is 2.23. The number of carbonyl (C=O) groups excluding carboxylic acids is 2. The minimum Gasteiger partial charge on any atom is -0.493 e. The minimum absolute atomic E-state index is 0.0776. The largest absolute Gasteiger partial charge is 0.493 e. The number of benzene rings is 3. The molecule has 0 bridgehead atoms. The highest BCUT2D eigenvalue weighted by atomic mass is 19.1. The monoisotopic (exact) mass is 782 g/mol. The third kappa shape index (κ3) is 13.7. The van der Waals surface area contributed by atoms with Gasteiger partial charge >= 0.3 is 11.9 Å². The van der Waals surface area contributed by atoms with Gasteiger partial charge in [-0.05, 0) is 153 Å². The number of ether oxygens (including phenoxy) is 3. The summed E-state index contributed by atoms with van der Waals surface area (Å²) in [5, 5.41) is 9.65. The first-order chi connectivity index (χ1) is 27.4. The second-order valence-corrected chi connectivity index (χ2v) is 16.3. The summed E-state index contributed by atoms with van der Waals surface area (Å²) in [5.74, 6) is 1.10. The van der Waals surface area contributed by atoms with E-state index in [0.29, 0.717) is 61.3 Å². The molecule has 57 heavy (non-hydrogen) atoms. The van der Waals surface area contributed by atoms with Gasteiger partial charge in [-0.15, -0.1) is 0 Å². The van der Waals surface area contributed by atoms with Crippen molar-refractivity contribution in [3.05, 3.63) is 101 Å². The van der Waals surface area contributed by atoms with Crippen molar-refractivity contribution >= 4 is 11.9 Å². The number of halogens is 1. The lowest BCUT2D eigenvalue weighted by atomic mass is 9.77. The summed E-state index contributed by atoms with van der Waals surface area (Å²) in [5.41, 5.74) is 8.43.